The van der Waals surface area contributed by atoms with Crippen molar-refractivity contribution >= 4 is 28.5 Å². The van der Waals surface area contributed by atoms with E-state index in [4.69, 9.17) is 4.42 Å². The third-order valence-electron chi connectivity index (χ3n) is 3.74. The lowest BCUT2D eigenvalue weighted by molar-refractivity contribution is 0.0962. The standard InChI is InChI=1S/C18H15FN2O3/c1-10-14-9-12(19)5-8-15(14)24-16(10)18(23)21-13-6-3-11(4-7-13)17(22)20-2/h3-9H,1-2H3,(H,20,22)(H,21,23). The van der Waals surface area contributed by atoms with Crippen LogP contribution >= 0.6 is 0 Å². The molecule has 0 aliphatic heterocycles. The number of nitrogens with one attached hydrogen (secondary N) is 2. The van der Waals surface area contributed by atoms with Gasteiger partial charge in [0.25, 0.3) is 11.8 Å². The summed E-state index contributed by atoms with van der Waals surface area (Å²) in [6, 6.07) is 10.6. The van der Waals surface area contributed by atoms with Crippen LogP contribution in [0.3, 0.4) is 0 Å². The van der Waals surface area contributed by atoms with Crippen molar-refractivity contribution in [2.24, 2.45) is 0 Å². The first-order chi connectivity index (χ1) is 11.5. The molecule has 2 amide bonds. The van der Waals surface area contributed by atoms with E-state index in [-0.39, 0.29) is 17.5 Å². The Labute approximate surface area is 137 Å². The number of fused-ring (bicyclic) bond motifs is 1. The molecule has 0 unspecified atom stereocenters. The highest BCUT2D eigenvalue weighted by Crippen LogP contribution is 2.26. The van der Waals surface area contributed by atoms with Crippen LogP contribution in [0.2, 0.25) is 0 Å². The van der Waals surface area contributed by atoms with Crippen LogP contribution in [0, 0.1) is 12.7 Å². The molecule has 122 valence electrons. The van der Waals surface area contributed by atoms with Gasteiger partial charge in [-0.25, -0.2) is 4.39 Å². The summed E-state index contributed by atoms with van der Waals surface area (Å²) in [5.74, 6) is -0.894. The quantitative estimate of drug-likeness (QED) is 0.774. The number of amides is 2. The summed E-state index contributed by atoms with van der Waals surface area (Å²) in [5.41, 5.74) is 2.04. The minimum Gasteiger partial charge on any atom is -0.451 e. The Bertz CT molecular complexity index is 929. The SMILES string of the molecule is CNC(=O)c1ccc(NC(=O)c2oc3ccc(F)cc3c2C)cc1. The van der Waals surface area contributed by atoms with Crippen molar-refractivity contribution in [1.29, 1.82) is 0 Å². The first-order valence-electron chi connectivity index (χ1n) is 7.31. The van der Waals surface area contributed by atoms with E-state index in [1.165, 1.54) is 18.2 Å². The van der Waals surface area contributed by atoms with Crippen molar-refractivity contribution < 1.29 is 18.4 Å². The summed E-state index contributed by atoms with van der Waals surface area (Å²) in [6.07, 6.45) is 0. The lowest BCUT2D eigenvalue weighted by Crippen LogP contribution is -2.18. The molecular formula is C18H15FN2O3. The number of carbonyl (C=O) groups excluding carboxylic acids is 2. The van der Waals surface area contributed by atoms with Crippen molar-refractivity contribution in [2.45, 2.75) is 6.92 Å². The van der Waals surface area contributed by atoms with Crippen molar-refractivity contribution in [3.05, 3.63) is 65.2 Å². The predicted octanol–water partition coefficient (Wildman–Crippen LogP) is 3.49. The molecule has 0 fully saturated rings. The van der Waals surface area contributed by atoms with Gasteiger partial charge in [-0.15, -0.1) is 0 Å². The molecule has 5 nitrogen and oxygen atoms in total. The van der Waals surface area contributed by atoms with Crippen molar-refractivity contribution in [1.82, 2.24) is 5.32 Å². The maximum Gasteiger partial charge on any atom is 0.291 e. The smallest absolute Gasteiger partial charge is 0.291 e. The van der Waals surface area contributed by atoms with Gasteiger partial charge in [-0.3, -0.25) is 9.59 Å². The number of rotatable bonds is 3. The molecule has 3 rings (SSSR count). The fourth-order valence-electron chi connectivity index (χ4n) is 2.45. The van der Waals surface area contributed by atoms with Crippen LogP contribution in [0.5, 0.6) is 0 Å². The minimum atomic E-state index is -0.434. The second-order valence-corrected chi connectivity index (χ2v) is 5.31. The molecule has 3 aromatic rings. The number of hydrogen-bond acceptors (Lipinski definition) is 3. The summed E-state index contributed by atoms with van der Waals surface area (Å²) < 4.78 is 18.9. The van der Waals surface area contributed by atoms with Crippen molar-refractivity contribution in [3.63, 3.8) is 0 Å². The van der Waals surface area contributed by atoms with Crippen LogP contribution < -0.4 is 10.6 Å². The molecule has 0 radical (unpaired) electrons. The maximum atomic E-state index is 13.3. The molecule has 1 heterocycles. The van der Waals surface area contributed by atoms with E-state index in [0.717, 1.165) is 0 Å². The summed E-state index contributed by atoms with van der Waals surface area (Å²) in [4.78, 5) is 23.9. The third kappa shape index (κ3) is 2.86. The lowest BCUT2D eigenvalue weighted by Gasteiger charge is -2.05. The van der Waals surface area contributed by atoms with Gasteiger partial charge in [0, 0.05) is 29.2 Å². The van der Waals surface area contributed by atoms with Crippen LogP contribution in [-0.4, -0.2) is 18.9 Å². The van der Waals surface area contributed by atoms with Crippen LogP contribution in [0.4, 0.5) is 10.1 Å². The van der Waals surface area contributed by atoms with Crippen LogP contribution in [0.25, 0.3) is 11.0 Å². The topological polar surface area (TPSA) is 71.3 Å². The Hall–Kier alpha value is -3.15. The van der Waals surface area contributed by atoms with E-state index in [1.807, 2.05) is 0 Å². The third-order valence-corrected chi connectivity index (χ3v) is 3.74. The van der Waals surface area contributed by atoms with E-state index < -0.39 is 5.91 Å². The average Bonchev–Trinajstić information content (AvgIpc) is 2.91. The molecule has 0 saturated heterocycles. The largest absolute Gasteiger partial charge is 0.451 e. The van der Waals surface area contributed by atoms with Crippen LogP contribution in [-0.2, 0) is 0 Å². The summed E-state index contributed by atoms with van der Waals surface area (Å²) >= 11 is 0. The van der Waals surface area contributed by atoms with Gasteiger partial charge in [0.15, 0.2) is 5.76 Å². The summed E-state index contributed by atoms with van der Waals surface area (Å²) in [7, 11) is 1.55. The highest BCUT2D eigenvalue weighted by molar-refractivity contribution is 6.06. The molecule has 0 atom stereocenters. The van der Waals surface area contributed by atoms with Gasteiger partial charge in [0.2, 0.25) is 0 Å². The zero-order chi connectivity index (χ0) is 17.3. The molecule has 2 N–H and O–H groups in total. The van der Waals surface area contributed by atoms with Crippen molar-refractivity contribution in [3.8, 4) is 0 Å². The van der Waals surface area contributed by atoms with Gasteiger partial charge in [0.1, 0.15) is 11.4 Å². The van der Waals surface area contributed by atoms with E-state index >= 15 is 0 Å². The first-order valence-corrected chi connectivity index (χ1v) is 7.31. The molecule has 0 aliphatic rings. The van der Waals surface area contributed by atoms with Gasteiger partial charge in [-0.05, 0) is 49.4 Å². The van der Waals surface area contributed by atoms with Gasteiger partial charge in [-0.1, -0.05) is 0 Å². The van der Waals surface area contributed by atoms with Gasteiger partial charge in [-0.2, -0.15) is 0 Å². The Morgan fingerprint density at radius 3 is 2.42 bits per heavy atom. The monoisotopic (exact) mass is 326 g/mol. The number of halogens is 1. The molecule has 24 heavy (non-hydrogen) atoms. The highest BCUT2D eigenvalue weighted by atomic mass is 19.1. The van der Waals surface area contributed by atoms with Crippen LogP contribution in [0.15, 0.2) is 46.9 Å². The van der Waals surface area contributed by atoms with Crippen molar-refractivity contribution in [2.75, 3.05) is 12.4 Å². The molecule has 6 heteroatoms. The maximum absolute atomic E-state index is 13.3. The van der Waals surface area contributed by atoms with E-state index in [1.54, 1.807) is 38.2 Å². The van der Waals surface area contributed by atoms with E-state index in [0.29, 0.717) is 27.8 Å². The van der Waals surface area contributed by atoms with E-state index in [2.05, 4.69) is 10.6 Å². The highest BCUT2D eigenvalue weighted by Gasteiger charge is 2.18. The second-order valence-electron chi connectivity index (χ2n) is 5.31. The second kappa shape index (κ2) is 6.16. The first kappa shape index (κ1) is 15.7. The lowest BCUT2D eigenvalue weighted by atomic mass is 10.1. The van der Waals surface area contributed by atoms with Gasteiger partial charge >= 0.3 is 0 Å². The fourth-order valence-corrected chi connectivity index (χ4v) is 2.45. The number of benzene rings is 2. The van der Waals surface area contributed by atoms with E-state index in [9.17, 15) is 14.0 Å². The number of hydrogen-bond donors (Lipinski definition) is 2. The molecule has 1 aromatic heterocycles. The molecule has 0 bridgehead atoms. The summed E-state index contributed by atoms with van der Waals surface area (Å²) in [5, 5.41) is 5.79. The number of aryl methyl sites for hydroxylation is 1. The summed E-state index contributed by atoms with van der Waals surface area (Å²) in [6.45, 7) is 1.70. The Kier molecular flexibility index (Phi) is 4.04. The molecule has 0 saturated carbocycles. The number of anilines is 1. The number of furan rings is 1. The van der Waals surface area contributed by atoms with Gasteiger partial charge < -0.3 is 15.1 Å². The predicted molar refractivity (Wildman–Crippen MR) is 88.7 cm³/mol. The Morgan fingerprint density at radius 1 is 1.04 bits per heavy atom. The number of carbonyl (C=O) groups is 2. The fraction of sp³-hybridized carbons (Fsp3) is 0.111. The molecule has 0 aliphatic carbocycles. The molecule has 0 spiro atoms. The Balaban J connectivity index is 1.85. The average molecular weight is 326 g/mol. The molecule has 2 aromatic carbocycles. The van der Waals surface area contributed by atoms with Crippen LogP contribution in [0.1, 0.15) is 26.5 Å². The normalized spacial score (nSPS) is 10.6. The molecular weight excluding hydrogens is 311 g/mol. The van der Waals surface area contributed by atoms with Gasteiger partial charge in [0.05, 0.1) is 0 Å². The minimum absolute atomic E-state index is 0.131. The Morgan fingerprint density at radius 2 is 1.75 bits per heavy atom. The zero-order valence-corrected chi connectivity index (χ0v) is 13.1. The zero-order valence-electron chi connectivity index (χ0n) is 13.1.